The first-order valence-electron chi connectivity index (χ1n) is 11.2. The predicted molar refractivity (Wildman–Crippen MR) is 132 cm³/mol. The van der Waals surface area contributed by atoms with Crippen molar-refractivity contribution in [3.8, 4) is 11.5 Å². The molecule has 0 bridgehead atoms. The van der Waals surface area contributed by atoms with Crippen molar-refractivity contribution >= 4 is 27.3 Å². The number of halogens is 1. The van der Waals surface area contributed by atoms with Gasteiger partial charge in [-0.15, -0.1) is 16.4 Å². The van der Waals surface area contributed by atoms with Crippen LogP contribution >= 0.6 is 11.3 Å². The summed E-state index contributed by atoms with van der Waals surface area (Å²) in [6.07, 6.45) is 0. The van der Waals surface area contributed by atoms with Crippen LogP contribution in [0.5, 0.6) is 11.5 Å². The molecule has 0 N–H and O–H groups in total. The third kappa shape index (κ3) is 4.10. The number of thiophene rings is 1. The molecule has 0 radical (unpaired) electrons. The maximum absolute atomic E-state index is 14.3. The Morgan fingerprint density at radius 2 is 1.74 bits per heavy atom. The van der Waals surface area contributed by atoms with Gasteiger partial charge in [-0.05, 0) is 49.1 Å². The number of ether oxygens (including phenoxy) is 2. The molecule has 5 rings (SSSR count). The molecule has 35 heavy (non-hydrogen) atoms. The Balaban J connectivity index is 1.66. The van der Waals surface area contributed by atoms with E-state index < -0.39 is 11.5 Å². The first-order valence-corrected chi connectivity index (χ1v) is 12.1. The molecule has 0 aliphatic carbocycles. The Hall–Kier alpha value is -3.92. The molecule has 0 unspecified atom stereocenters. The maximum atomic E-state index is 14.3. The number of fused-ring (bicyclic) bond motifs is 3. The number of benzene rings is 2. The molecule has 2 aromatic carbocycles. The van der Waals surface area contributed by atoms with Crippen molar-refractivity contribution in [1.29, 1.82) is 0 Å². The SMILES string of the molecule is CCOc1ccc(Cn2c(=O)c3sccc3n3c(=O)n(Cc4ccccc4F)nc23)cc1OCC. The van der Waals surface area contributed by atoms with Gasteiger partial charge in [-0.3, -0.25) is 9.36 Å². The van der Waals surface area contributed by atoms with Gasteiger partial charge in [-0.2, -0.15) is 0 Å². The molecule has 3 aromatic heterocycles. The Morgan fingerprint density at radius 1 is 0.971 bits per heavy atom. The van der Waals surface area contributed by atoms with Gasteiger partial charge in [-0.1, -0.05) is 24.3 Å². The first kappa shape index (κ1) is 22.9. The summed E-state index contributed by atoms with van der Waals surface area (Å²) < 4.78 is 30.1. The minimum atomic E-state index is -0.442. The third-order valence-electron chi connectivity index (χ3n) is 5.61. The van der Waals surface area contributed by atoms with Crippen LogP contribution in [0.3, 0.4) is 0 Å². The molecule has 0 saturated heterocycles. The smallest absolute Gasteiger partial charge is 0.352 e. The average molecular weight is 495 g/mol. The summed E-state index contributed by atoms with van der Waals surface area (Å²) in [6.45, 7) is 4.85. The number of aromatic nitrogens is 4. The van der Waals surface area contributed by atoms with E-state index in [9.17, 15) is 14.0 Å². The number of rotatable bonds is 8. The molecule has 3 heterocycles. The van der Waals surface area contributed by atoms with Gasteiger partial charge in [0.05, 0.1) is 31.8 Å². The molecule has 0 fully saturated rings. The van der Waals surface area contributed by atoms with Crippen LogP contribution in [0.1, 0.15) is 25.0 Å². The van der Waals surface area contributed by atoms with Crippen molar-refractivity contribution in [3.63, 3.8) is 0 Å². The fourth-order valence-electron chi connectivity index (χ4n) is 4.04. The molecule has 10 heteroatoms. The van der Waals surface area contributed by atoms with Crippen molar-refractivity contribution < 1.29 is 13.9 Å². The Morgan fingerprint density at radius 3 is 2.51 bits per heavy atom. The molecule has 0 aliphatic heterocycles. The molecule has 0 aliphatic rings. The fourth-order valence-corrected chi connectivity index (χ4v) is 4.87. The van der Waals surface area contributed by atoms with E-state index in [1.54, 1.807) is 35.7 Å². The lowest BCUT2D eigenvalue weighted by Crippen LogP contribution is -2.26. The standard InChI is InChI=1S/C25H23FN4O4S/c1-3-33-20-10-9-16(13-21(20)34-4-2)14-28-23(31)22-19(11-12-35-22)30-24(28)27-29(25(30)32)15-17-7-5-6-8-18(17)26/h5-13H,3-4,14-15H2,1-2H3. The monoisotopic (exact) mass is 494 g/mol. The van der Waals surface area contributed by atoms with Crippen molar-refractivity contribution in [2.24, 2.45) is 0 Å². The lowest BCUT2D eigenvalue weighted by atomic mass is 10.2. The zero-order valence-electron chi connectivity index (χ0n) is 19.2. The van der Waals surface area contributed by atoms with Crippen LogP contribution in [0.15, 0.2) is 63.5 Å². The minimum Gasteiger partial charge on any atom is -0.490 e. The summed E-state index contributed by atoms with van der Waals surface area (Å²) in [5.74, 6) is 0.965. The van der Waals surface area contributed by atoms with E-state index >= 15 is 0 Å². The second kappa shape index (κ2) is 9.38. The summed E-state index contributed by atoms with van der Waals surface area (Å²) in [7, 11) is 0. The summed E-state index contributed by atoms with van der Waals surface area (Å²) in [5, 5.41) is 6.22. The van der Waals surface area contributed by atoms with Crippen molar-refractivity contribution in [1.82, 2.24) is 18.7 Å². The van der Waals surface area contributed by atoms with Gasteiger partial charge in [0, 0.05) is 5.56 Å². The van der Waals surface area contributed by atoms with Gasteiger partial charge in [-0.25, -0.2) is 18.3 Å². The van der Waals surface area contributed by atoms with Crippen LogP contribution in [0, 0.1) is 5.82 Å². The highest BCUT2D eigenvalue weighted by Crippen LogP contribution is 2.29. The molecule has 180 valence electrons. The summed E-state index contributed by atoms with van der Waals surface area (Å²) in [4.78, 5) is 26.7. The van der Waals surface area contributed by atoms with E-state index in [0.717, 1.165) is 5.56 Å². The highest BCUT2D eigenvalue weighted by Gasteiger charge is 2.19. The first-order chi connectivity index (χ1) is 17.0. The van der Waals surface area contributed by atoms with Gasteiger partial charge in [0.15, 0.2) is 11.5 Å². The Labute approximate surface area is 203 Å². The van der Waals surface area contributed by atoms with E-state index in [2.05, 4.69) is 5.10 Å². The van der Waals surface area contributed by atoms with Crippen LogP contribution in [-0.2, 0) is 13.1 Å². The number of hydrogen-bond acceptors (Lipinski definition) is 6. The van der Waals surface area contributed by atoms with Crippen LogP contribution < -0.4 is 20.7 Å². The Bertz CT molecular complexity index is 1650. The van der Waals surface area contributed by atoms with Gasteiger partial charge >= 0.3 is 5.69 Å². The molecule has 0 spiro atoms. The van der Waals surface area contributed by atoms with Crippen LogP contribution in [-0.4, -0.2) is 32.0 Å². The molecule has 0 amide bonds. The van der Waals surface area contributed by atoms with Crippen LogP contribution in [0.2, 0.25) is 0 Å². The highest BCUT2D eigenvalue weighted by molar-refractivity contribution is 7.17. The second-order valence-corrected chi connectivity index (χ2v) is 8.76. The largest absolute Gasteiger partial charge is 0.490 e. The van der Waals surface area contributed by atoms with Crippen molar-refractivity contribution in [2.45, 2.75) is 26.9 Å². The molecule has 5 aromatic rings. The van der Waals surface area contributed by atoms with Gasteiger partial charge in [0.25, 0.3) is 5.56 Å². The minimum absolute atomic E-state index is 0.0510. The van der Waals surface area contributed by atoms with Crippen molar-refractivity contribution in [3.05, 3.63) is 91.7 Å². The predicted octanol–water partition coefficient (Wildman–Crippen LogP) is 3.91. The molecule has 0 saturated carbocycles. The van der Waals surface area contributed by atoms with E-state index in [1.807, 2.05) is 26.0 Å². The maximum Gasteiger partial charge on any atom is 0.352 e. The summed E-state index contributed by atoms with van der Waals surface area (Å²) in [5.41, 5.74) is 0.909. The molecular formula is C25H23FN4O4S. The second-order valence-electron chi connectivity index (χ2n) is 7.84. The number of nitrogens with zero attached hydrogens (tertiary/aromatic N) is 4. The lowest BCUT2D eigenvalue weighted by Gasteiger charge is -2.13. The molecule has 0 atom stereocenters. The molecular weight excluding hydrogens is 471 g/mol. The number of hydrogen-bond donors (Lipinski definition) is 0. The van der Waals surface area contributed by atoms with Gasteiger partial charge in [0.1, 0.15) is 10.5 Å². The topological polar surface area (TPSA) is 79.8 Å². The molecule has 8 nitrogen and oxygen atoms in total. The van der Waals surface area contributed by atoms with E-state index in [0.29, 0.717) is 40.5 Å². The normalized spacial score (nSPS) is 11.4. The highest BCUT2D eigenvalue weighted by atomic mass is 32.1. The van der Waals surface area contributed by atoms with E-state index in [-0.39, 0.29) is 24.4 Å². The summed E-state index contributed by atoms with van der Waals surface area (Å²) in [6, 6.07) is 13.4. The van der Waals surface area contributed by atoms with Crippen molar-refractivity contribution in [2.75, 3.05) is 13.2 Å². The zero-order valence-corrected chi connectivity index (χ0v) is 20.0. The van der Waals surface area contributed by atoms with E-state index in [1.165, 1.54) is 31.1 Å². The lowest BCUT2D eigenvalue weighted by molar-refractivity contribution is 0.287. The Kier molecular flexibility index (Phi) is 6.12. The van der Waals surface area contributed by atoms with Crippen LogP contribution in [0.25, 0.3) is 16.0 Å². The van der Waals surface area contributed by atoms with Crippen LogP contribution in [0.4, 0.5) is 4.39 Å². The van der Waals surface area contributed by atoms with Gasteiger partial charge in [0.2, 0.25) is 5.78 Å². The summed E-state index contributed by atoms with van der Waals surface area (Å²) >= 11 is 1.26. The van der Waals surface area contributed by atoms with Gasteiger partial charge < -0.3 is 9.47 Å². The fraction of sp³-hybridized carbons (Fsp3) is 0.240. The average Bonchev–Trinajstić information content (AvgIpc) is 3.45. The zero-order chi connectivity index (χ0) is 24.5. The van der Waals surface area contributed by atoms with E-state index in [4.69, 9.17) is 9.47 Å². The third-order valence-corrected chi connectivity index (χ3v) is 6.51. The quantitative estimate of drug-likeness (QED) is 0.327.